The molecule has 0 fully saturated rings. The van der Waals surface area contributed by atoms with Gasteiger partial charge in [0.15, 0.2) is 5.11 Å². The molecule has 0 unspecified atom stereocenters. The van der Waals surface area contributed by atoms with Crippen molar-refractivity contribution in [1.29, 1.82) is 0 Å². The van der Waals surface area contributed by atoms with Crippen molar-refractivity contribution in [2.24, 2.45) is 5.73 Å². The molecule has 1 aromatic rings. The van der Waals surface area contributed by atoms with Crippen LogP contribution in [0, 0.1) is 6.92 Å². The highest BCUT2D eigenvalue weighted by atomic mass is 32.1. The fourth-order valence-electron chi connectivity index (χ4n) is 1.03. The Kier molecular flexibility index (Phi) is 3.03. The number of thiocarbonyl (C=S) groups is 1. The number of hydrogen-bond donors (Lipinski definition) is 2. The third kappa shape index (κ3) is 2.56. The van der Waals surface area contributed by atoms with E-state index >= 15 is 0 Å². The first-order valence-electron chi connectivity index (χ1n) is 3.93. The second kappa shape index (κ2) is 4.05. The van der Waals surface area contributed by atoms with Crippen LogP contribution in [0.25, 0.3) is 6.08 Å². The molecule has 0 bridgehead atoms. The van der Waals surface area contributed by atoms with Crippen molar-refractivity contribution in [2.75, 3.05) is 5.32 Å². The van der Waals surface area contributed by atoms with Gasteiger partial charge in [0.2, 0.25) is 0 Å². The van der Waals surface area contributed by atoms with Gasteiger partial charge < -0.3 is 11.1 Å². The maximum Gasteiger partial charge on any atom is 0.168 e. The van der Waals surface area contributed by atoms with Crippen molar-refractivity contribution in [3.8, 4) is 0 Å². The van der Waals surface area contributed by atoms with Gasteiger partial charge in [0.05, 0.1) is 0 Å². The Labute approximate surface area is 83.5 Å². The smallest absolute Gasteiger partial charge is 0.168 e. The third-order valence-corrected chi connectivity index (χ3v) is 1.86. The Morgan fingerprint density at radius 3 is 2.85 bits per heavy atom. The number of rotatable bonds is 2. The summed E-state index contributed by atoms with van der Waals surface area (Å²) in [7, 11) is 0. The molecule has 0 saturated heterocycles. The lowest BCUT2D eigenvalue weighted by molar-refractivity contribution is 1.44. The van der Waals surface area contributed by atoms with E-state index in [1.807, 2.05) is 25.1 Å². The third-order valence-electron chi connectivity index (χ3n) is 1.76. The standard InChI is InChI=1S/C10H12N2S/c1-3-8-5-4-7(2)9(6-8)12-10(11)13/h3-6H,1H2,2H3,(H3,11,12,13). The van der Waals surface area contributed by atoms with Gasteiger partial charge in [-0.3, -0.25) is 0 Å². The topological polar surface area (TPSA) is 38.0 Å². The van der Waals surface area contributed by atoms with Gasteiger partial charge in [-0.15, -0.1) is 0 Å². The van der Waals surface area contributed by atoms with Gasteiger partial charge in [0.25, 0.3) is 0 Å². The van der Waals surface area contributed by atoms with E-state index in [2.05, 4.69) is 11.9 Å². The van der Waals surface area contributed by atoms with Crippen molar-refractivity contribution in [1.82, 2.24) is 0 Å². The van der Waals surface area contributed by atoms with Crippen LogP contribution in [0.4, 0.5) is 5.69 Å². The van der Waals surface area contributed by atoms with Crippen LogP contribution in [-0.2, 0) is 0 Å². The van der Waals surface area contributed by atoms with E-state index in [-0.39, 0.29) is 5.11 Å². The predicted molar refractivity (Wildman–Crippen MR) is 61.7 cm³/mol. The Bertz CT molecular complexity index is 345. The molecule has 0 aliphatic rings. The zero-order chi connectivity index (χ0) is 9.84. The monoisotopic (exact) mass is 192 g/mol. The van der Waals surface area contributed by atoms with E-state index < -0.39 is 0 Å². The van der Waals surface area contributed by atoms with Crippen molar-refractivity contribution >= 4 is 29.1 Å². The van der Waals surface area contributed by atoms with Gasteiger partial charge in [0, 0.05) is 5.69 Å². The number of hydrogen-bond acceptors (Lipinski definition) is 1. The number of anilines is 1. The summed E-state index contributed by atoms with van der Waals surface area (Å²) >= 11 is 4.76. The Morgan fingerprint density at radius 2 is 2.31 bits per heavy atom. The Morgan fingerprint density at radius 1 is 1.62 bits per heavy atom. The minimum absolute atomic E-state index is 0.282. The molecule has 3 N–H and O–H groups in total. The van der Waals surface area contributed by atoms with Crippen LogP contribution < -0.4 is 11.1 Å². The largest absolute Gasteiger partial charge is 0.376 e. The highest BCUT2D eigenvalue weighted by molar-refractivity contribution is 7.80. The van der Waals surface area contributed by atoms with E-state index in [1.54, 1.807) is 6.08 Å². The maximum atomic E-state index is 5.38. The summed E-state index contributed by atoms with van der Waals surface area (Å²) < 4.78 is 0. The van der Waals surface area contributed by atoms with Gasteiger partial charge in [-0.2, -0.15) is 0 Å². The van der Waals surface area contributed by atoms with Gasteiger partial charge in [0.1, 0.15) is 0 Å². The average Bonchev–Trinajstić information content (AvgIpc) is 2.08. The second-order valence-electron chi connectivity index (χ2n) is 2.77. The maximum absolute atomic E-state index is 5.38. The molecule has 0 aliphatic heterocycles. The predicted octanol–water partition coefficient (Wildman–Crippen LogP) is 2.29. The molecular formula is C10H12N2S. The summed E-state index contributed by atoms with van der Waals surface area (Å²) in [6.45, 7) is 5.68. The fourth-order valence-corrected chi connectivity index (χ4v) is 1.14. The van der Waals surface area contributed by atoms with Crippen LogP contribution in [0.2, 0.25) is 0 Å². The molecule has 0 amide bonds. The molecule has 0 aliphatic carbocycles. The highest BCUT2D eigenvalue weighted by Crippen LogP contribution is 2.17. The Balaban J connectivity index is 3.03. The van der Waals surface area contributed by atoms with E-state index in [4.69, 9.17) is 18.0 Å². The Hall–Kier alpha value is -1.35. The summed E-state index contributed by atoms with van der Waals surface area (Å²) in [4.78, 5) is 0. The summed E-state index contributed by atoms with van der Waals surface area (Å²) in [5.74, 6) is 0. The normalized spacial score (nSPS) is 9.31. The molecule has 0 atom stereocenters. The molecule has 1 rings (SSSR count). The van der Waals surface area contributed by atoms with E-state index in [0.29, 0.717) is 0 Å². The van der Waals surface area contributed by atoms with Crippen molar-refractivity contribution < 1.29 is 0 Å². The lowest BCUT2D eigenvalue weighted by Crippen LogP contribution is -2.19. The molecule has 0 heterocycles. The highest BCUT2D eigenvalue weighted by Gasteiger charge is 1.98. The molecule has 1 aromatic carbocycles. The van der Waals surface area contributed by atoms with Crippen LogP contribution in [0.15, 0.2) is 24.8 Å². The molecule has 0 saturated carbocycles. The van der Waals surface area contributed by atoms with Crippen molar-refractivity contribution in [2.45, 2.75) is 6.92 Å². The van der Waals surface area contributed by atoms with Gasteiger partial charge in [-0.05, 0) is 36.3 Å². The summed E-state index contributed by atoms with van der Waals surface area (Å²) in [6, 6.07) is 5.95. The first-order valence-corrected chi connectivity index (χ1v) is 4.34. The second-order valence-corrected chi connectivity index (χ2v) is 3.21. The van der Waals surface area contributed by atoms with Crippen LogP contribution in [0.5, 0.6) is 0 Å². The van der Waals surface area contributed by atoms with Gasteiger partial charge in [-0.1, -0.05) is 24.8 Å². The zero-order valence-corrected chi connectivity index (χ0v) is 8.32. The van der Waals surface area contributed by atoms with E-state index in [1.165, 1.54) is 0 Å². The average molecular weight is 192 g/mol. The van der Waals surface area contributed by atoms with Crippen molar-refractivity contribution in [3.63, 3.8) is 0 Å². The molecule has 0 aromatic heterocycles. The summed E-state index contributed by atoms with van der Waals surface area (Å²) in [5.41, 5.74) is 8.47. The molecule has 0 spiro atoms. The first-order chi connectivity index (χ1) is 6.13. The van der Waals surface area contributed by atoms with Crippen molar-refractivity contribution in [3.05, 3.63) is 35.9 Å². The molecule has 13 heavy (non-hydrogen) atoms. The fraction of sp³-hybridized carbons (Fsp3) is 0.100. The lowest BCUT2D eigenvalue weighted by Gasteiger charge is -2.08. The van der Waals surface area contributed by atoms with Crippen LogP contribution >= 0.6 is 12.2 Å². The molecule has 0 radical (unpaired) electrons. The van der Waals surface area contributed by atoms with Gasteiger partial charge in [-0.25, -0.2) is 0 Å². The molecular weight excluding hydrogens is 180 g/mol. The van der Waals surface area contributed by atoms with Crippen LogP contribution in [0.3, 0.4) is 0 Å². The minimum atomic E-state index is 0.282. The summed E-state index contributed by atoms with van der Waals surface area (Å²) in [5, 5.41) is 3.19. The quantitative estimate of drug-likeness (QED) is 0.706. The number of aryl methyl sites for hydroxylation is 1. The van der Waals surface area contributed by atoms with Gasteiger partial charge >= 0.3 is 0 Å². The number of nitrogens with two attached hydrogens (primary N) is 1. The van der Waals surface area contributed by atoms with E-state index in [9.17, 15) is 0 Å². The lowest BCUT2D eigenvalue weighted by atomic mass is 10.1. The molecule has 68 valence electrons. The summed E-state index contributed by atoms with van der Waals surface area (Å²) in [6.07, 6.45) is 1.78. The zero-order valence-electron chi connectivity index (χ0n) is 7.50. The van der Waals surface area contributed by atoms with Crippen LogP contribution in [0.1, 0.15) is 11.1 Å². The first kappa shape index (κ1) is 9.74. The van der Waals surface area contributed by atoms with Crippen LogP contribution in [-0.4, -0.2) is 5.11 Å². The SMILES string of the molecule is C=Cc1ccc(C)c(NC(N)=S)c1. The number of nitrogens with one attached hydrogen (secondary N) is 1. The molecule has 3 heteroatoms. The minimum Gasteiger partial charge on any atom is -0.376 e. The molecule has 2 nitrogen and oxygen atoms in total. The number of benzene rings is 1. The van der Waals surface area contributed by atoms with E-state index in [0.717, 1.165) is 16.8 Å².